The molecule has 0 spiro atoms. The van der Waals surface area contributed by atoms with E-state index in [9.17, 15) is 19.2 Å². The molecule has 1 heterocycles. The first-order valence-electron chi connectivity index (χ1n) is 14.1. The van der Waals surface area contributed by atoms with Crippen molar-refractivity contribution in [1.29, 1.82) is 0 Å². The fraction of sp³-hybridized carbons (Fsp3) is 0.333. The molecule has 0 saturated carbocycles. The largest absolute Gasteiger partial charge is 0.495 e. The Bertz CT molecular complexity index is 1490. The Hall–Kier alpha value is -4.17. The van der Waals surface area contributed by atoms with Crippen LogP contribution in [-0.4, -0.2) is 48.3 Å². The van der Waals surface area contributed by atoms with Crippen molar-refractivity contribution in [3.63, 3.8) is 0 Å². The summed E-state index contributed by atoms with van der Waals surface area (Å²) in [6.07, 6.45) is 0.217. The molecule has 1 N–H and O–H groups in total. The van der Waals surface area contributed by atoms with Gasteiger partial charge in [0.15, 0.2) is 6.61 Å². The van der Waals surface area contributed by atoms with Gasteiger partial charge >= 0.3 is 5.97 Å². The van der Waals surface area contributed by atoms with Crippen molar-refractivity contribution in [2.45, 2.75) is 38.1 Å². The molecular weight excluding hydrogens is 556 g/mol. The molecule has 3 aromatic rings. The SMILES string of the molecule is COc1ccc(Cl)cc1NC(=O)COC(=O)[C@H](CC(C)C)N1C(=O)[C@H]2C3c4ccccc4C(c4ccccc43)[C@@H]2C1=O. The minimum atomic E-state index is -1.14. The van der Waals surface area contributed by atoms with Crippen LogP contribution in [0.5, 0.6) is 5.75 Å². The summed E-state index contributed by atoms with van der Waals surface area (Å²) < 4.78 is 10.7. The highest BCUT2D eigenvalue weighted by molar-refractivity contribution is 6.31. The molecule has 2 bridgehead atoms. The molecule has 1 fully saturated rings. The topological polar surface area (TPSA) is 102 Å². The summed E-state index contributed by atoms with van der Waals surface area (Å²) in [7, 11) is 1.46. The average molecular weight is 587 g/mol. The summed E-state index contributed by atoms with van der Waals surface area (Å²) in [4.78, 5) is 55.7. The Labute approximate surface area is 248 Å². The number of rotatable bonds is 8. The molecule has 0 unspecified atom stereocenters. The second-order valence-electron chi connectivity index (χ2n) is 11.5. The zero-order chi connectivity index (χ0) is 29.7. The fourth-order valence-electron chi connectivity index (χ4n) is 6.96. The van der Waals surface area contributed by atoms with Crippen LogP contribution in [0, 0.1) is 17.8 Å². The number of nitrogens with one attached hydrogen (secondary N) is 1. The number of hydrogen-bond acceptors (Lipinski definition) is 6. The van der Waals surface area contributed by atoms with E-state index in [4.69, 9.17) is 21.1 Å². The zero-order valence-corrected chi connectivity index (χ0v) is 24.3. The number of esters is 1. The van der Waals surface area contributed by atoms with Crippen LogP contribution in [0.3, 0.4) is 0 Å². The lowest BCUT2D eigenvalue weighted by atomic mass is 9.55. The maximum absolute atomic E-state index is 14.2. The predicted octanol–water partition coefficient (Wildman–Crippen LogP) is 5.14. The van der Waals surface area contributed by atoms with Crippen LogP contribution >= 0.6 is 11.6 Å². The second kappa shape index (κ2) is 10.9. The molecule has 0 radical (unpaired) electrons. The van der Waals surface area contributed by atoms with E-state index in [0.717, 1.165) is 27.2 Å². The second-order valence-corrected chi connectivity index (χ2v) is 11.9. The van der Waals surface area contributed by atoms with Gasteiger partial charge in [0.2, 0.25) is 11.8 Å². The molecular formula is C33H31ClN2O6. The van der Waals surface area contributed by atoms with E-state index in [2.05, 4.69) is 5.32 Å². The first-order chi connectivity index (χ1) is 20.2. The molecule has 42 heavy (non-hydrogen) atoms. The molecule has 9 heteroatoms. The third-order valence-corrected chi connectivity index (χ3v) is 8.78. The number of nitrogens with zero attached hydrogens (tertiary/aromatic N) is 1. The molecule has 3 atom stereocenters. The van der Waals surface area contributed by atoms with Gasteiger partial charge in [0.05, 0.1) is 24.6 Å². The quantitative estimate of drug-likeness (QED) is 0.290. The van der Waals surface area contributed by atoms with E-state index in [1.807, 2.05) is 62.4 Å². The lowest BCUT2D eigenvalue weighted by molar-refractivity contribution is -0.160. The van der Waals surface area contributed by atoms with Gasteiger partial charge in [-0.3, -0.25) is 19.3 Å². The van der Waals surface area contributed by atoms with Gasteiger partial charge in [-0.05, 0) is 52.8 Å². The van der Waals surface area contributed by atoms with Gasteiger partial charge < -0.3 is 14.8 Å². The maximum atomic E-state index is 14.2. The molecule has 1 aliphatic heterocycles. The van der Waals surface area contributed by atoms with Crippen molar-refractivity contribution in [2.24, 2.45) is 17.8 Å². The Balaban J connectivity index is 1.26. The lowest BCUT2D eigenvalue weighted by Crippen LogP contribution is -2.47. The normalized spacial score (nSPS) is 22.4. The number of anilines is 1. The number of carbonyl (C=O) groups is 4. The van der Waals surface area contributed by atoms with Crippen molar-refractivity contribution in [1.82, 2.24) is 4.90 Å². The number of likely N-dealkylation sites (tertiary alicyclic amines) is 1. The van der Waals surface area contributed by atoms with Crippen molar-refractivity contribution in [3.8, 4) is 5.75 Å². The average Bonchev–Trinajstić information content (AvgIpc) is 3.24. The summed E-state index contributed by atoms with van der Waals surface area (Å²) in [6.45, 7) is 3.21. The highest BCUT2D eigenvalue weighted by Gasteiger charge is 2.63. The van der Waals surface area contributed by atoms with E-state index in [1.165, 1.54) is 13.2 Å². The van der Waals surface area contributed by atoms with Gasteiger partial charge in [0.25, 0.3) is 5.91 Å². The number of ether oxygens (including phenoxy) is 2. The van der Waals surface area contributed by atoms with Crippen LogP contribution in [0.1, 0.15) is 54.4 Å². The van der Waals surface area contributed by atoms with Crippen molar-refractivity contribution in [2.75, 3.05) is 19.0 Å². The van der Waals surface area contributed by atoms with Gasteiger partial charge in [-0.25, -0.2) is 4.79 Å². The minimum Gasteiger partial charge on any atom is -0.495 e. The lowest BCUT2D eigenvalue weighted by Gasteiger charge is -2.45. The fourth-order valence-corrected chi connectivity index (χ4v) is 7.13. The van der Waals surface area contributed by atoms with Crippen LogP contribution in [0.4, 0.5) is 5.69 Å². The molecule has 8 nitrogen and oxygen atoms in total. The number of carbonyl (C=O) groups excluding carboxylic acids is 4. The monoisotopic (exact) mass is 586 g/mol. The van der Waals surface area contributed by atoms with E-state index in [0.29, 0.717) is 16.5 Å². The van der Waals surface area contributed by atoms with E-state index < -0.39 is 36.4 Å². The van der Waals surface area contributed by atoms with Crippen LogP contribution in [0.2, 0.25) is 5.02 Å². The first kappa shape index (κ1) is 28.0. The van der Waals surface area contributed by atoms with Crippen molar-refractivity contribution >= 4 is 41.0 Å². The molecule has 3 amide bonds. The highest BCUT2D eigenvalue weighted by atomic mass is 35.5. The zero-order valence-electron chi connectivity index (χ0n) is 23.5. The van der Waals surface area contributed by atoms with E-state index >= 15 is 0 Å². The maximum Gasteiger partial charge on any atom is 0.329 e. The van der Waals surface area contributed by atoms with Gasteiger partial charge in [-0.15, -0.1) is 0 Å². The van der Waals surface area contributed by atoms with Crippen molar-refractivity contribution in [3.05, 3.63) is 94.0 Å². The predicted molar refractivity (Wildman–Crippen MR) is 156 cm³/mol. The van der Waals surface area contributed by atoms with Gasteiger partial charge in [0, 0.05) is 16.9 Å². The number of imide groups is 1. The Morgan fingerprint density at radius 1 is 0.881 bits per heavy atom. The van der Waals surface area contributed by atoms with E-state index in [1.54, 1.807) is 12.1 Å². The van der Waals surface area contributed by atoms with Crippen LogP contribution in [0.25, 0.3) is 0 Å². The van der Waals surface area contributed by atoms with E-state index in [-0.39, 0.29) is 36.0 Å². The number of hydrogen-bond donors (Lipinski definition) is 1. The molecule has 3 aliphatic carbocycles. The number of amides is 3. The smallest absolute Gasteiger partial charge is 0.329 e. The van der Waals surface area contributed by atoms with Crippen LogP contribution in [0.15, 0.2) is 66.7 Å². The summed E-state index contributed by atoms with van der Waals surface area (Å²) in [5, 5.41) is 3.03. The standard InChI is InChI=1S/C33H31ClN2O6/c1-17(2)14-24(33(40)42-16-26(37)35-23-15-18(34)12-13-25(23)41-3)36-31(38)29-27-19-8-4-5-9-20(19)28(30(29)32(36)39)22-11-7-6-10-21(22)27/h4-13,15,17,24,27-30H,14,16H2,1-3H3,(H,35,37)/t24-,27?,28?,29-,30-/m0/s1. The molecule has 3 aromatic carbocycles. The molecule has 4 aliphatic rings. The molecule has 1 saturated heterocycles. The minimum absolute atomic E-state index is 0.0264. The van der Waals surface area contributed by atoms with Crippen LogP contribution in [-0.2, 0) is 23.9 Å². The summed E-state index contributed by atoms with van der Waals surface area (Å²) >= 11 is 6.05. The number of benzene rings is 3. The summed E-state index contributed by atoms with van der Waals surface area (Å²) in [5.74, 6) is -3.51. The third kappa shape index (κ3) is 4.54. The first-order valence-corrected chi connectivity index (χ1v) is 14.4. The highest BCUT2D eigenvalue weighted by Crippen LogP contribution is 2.61. The Morgan fingerprint density at radius 3 is 1.88 bits per heavy atom. The van der Waals surface area contributed by atoms with Gasteiger partial charge in [0.1, 0.15) is 11.8 Å². The van der Waals surface area contributed by atoms with Crippen molar-refractivity contribution < 1.29 is 28.7 Å². The summed E-state index contributed by atoms with van der Waals surface area (Å²) in [5.41, 5.74) is 4.56. The third-order valence-electron chi connectivity index (χ3n) is 8.54. The van der Waals surface area contributed by atoms with Gasteiger partial charge in [-0.2, -0.15) is 0 Å². The van der Waals surface area contributed by atoms with Gasteiger partial charge in [-0.1, -0.05) is 74.0 Å². The number of halogens is 1. The number of methoxy groups -OCH3 is 1. The Kier molecular flexibility index (Phi) is 7.27. The molecule has 216 valence electrons. The molecule has 7 rings (SSSR count). The Morgan fingerprint density at radius 2 is 1.40 bits per heavy atom. The molecule has 0 aromatic heterocycles. The summed E-state index contributed by atoms with van der Waals surface area (Å²) in [6, 6.07) is 19.6. The van der Waals surface area contributed by atoms with Crippen LogP contribution < -0.4 is 10.1 Å².